The fraction of sp³-hybridized carbons (Fsp3) is 0.273. The Labute approximate surface area is 169 Å². The fourth-order valence-corrected chi connectivity index (χ4v) is 3.69. The lowest BCUT2D eigenvalue weighted by Crippen LogP contribution is -2.38. The summed E-state index contributed by atoms with van der Waals surface area (Å²) in [4.78, 5) is 37.2. The molecule has 7 nitrogen and oxygen atoms in total. The number of rotatable bonds is 4. The van der Waals surface area contributed by atoms with E-state index in [1.807, 2.05) is 36.1 Å². The molecule has 0 aliphatic carbocycles. The van der Waals surface area contributed by atoms with Gasteiger partial charge >= 0.3 is 0 Å². The zero-order chi connectivity index (χ0) is 20.5. The standard InChI is InChI=1S/C22H23N5O2/c1-14-6-7-16(11-23-14)19-9-8-17(12-24-19)25-20(28)13-27-10-4-5-18-15(2)26(3)22(29)21(18)27/h6-9,11-12H,2,4-5,10,13H2,1,3H3,(H,25,28). The topological polar surface area (TPSA) is 78.4 Å². The Balaban J connectivity index is 1.43. The average Bonchev–Trinajstić information content (AvgIpc) is 2.94. The normalized spacial score (nSPS) is 16.3. The van der Waals surface area contributed by atoms with Gasteiger partial charge in [0.05, 0.1) is 24.1 Å². The number of anilines is 1. The number of aromatic nitrogens is 2. The molecule has 4 rings (SSSR count). The molecule has 2 aromatic heterocycles. The highest BCUT2D eigenvalue weighted by Gasteiger charge is 2.37. The molecule has 2 aliphatic rings. The third-order valence-corrected chi connectivity index (χ3v) is 5.31. The summed E-state index contributed by atoms with van der Waals surface area (Å²) in [7, 11) is 1.72. The Kier molecular flexibility index (Phi) is 4.88. The van der Waals surface area contributed by atoms with Crippen molar-refractivity contribution < 1.29 is 9.59 Å². The van der Waals surface area contributed by atoms with Gasteiger partial charge in [0.2, 0.25) is 5.91 Å². The van der Waals surface area contributed by atoms with Crippen LogP contribution in [0.1, 0.15) is 18.5 Å². The minimum Gasteiger partial charge on any atom is -0.357 e. The van der Waals surface area contributed by atoms with Gasteiger partial charge in [0.15, 0.2) is 0 Å². The van der Waals surface area contributed by atoms with E-state index in [0.717, 1.165) is 41.1 Å². The van der Waals surface area contributed by atoms with Gasteiger partial charge in [-0.25, -0.2) is 0 Å². The van der Waals surface area contributed by atoms with E-state index in [1.54, 1.807) is 24.3 Å². The SMILES string of the molecule is C=C1C2=C(C(=O)N1C)N(CC(=O)Nc1ccc(-c3ccc(C)nc3)nc1)CCC2. The number of nitrogens with zero attached hydrogens (tertiary/aromatic N) is 4. The number of hydrogen-bond donors (Lipinski definition) is 1. The molecule has 148 valence electrons. The summed E-state index contributed by atoms with van der Waals surface area (Å²) in [6, 6.07) is 7.57. The molecule has 1 N–H and O–H groups in total. The van der Waals surface area contributed by atoms with Crippen molar-refractivity contribution >= 4 is 17.5 Å². The number of likely N-dealkylation sites (N-methyl/N-ethyl adjacent to an activating group) is 1. The second kappa shape index (κ2) is 7.50. The summed E-state index contributed by atoms with van der Waals surface area (Å²) < 4.78 is 0. The predicted molar refractivity (Wildman–Crippen MR) is 111 cm³/mol. The molecule has 0 aromatic carbocycles. The van der Waals surface area contributed by atoms with Crippen molar-refractivity contribution in [3.63, 3.8) is 0 Å². The van der Waals surface area contributed by atoms with E-state index >= 15 is 0 Å². The van der Waals surface area contributed by atoms with Crippen LogP contribution in [0.4, 0.5) is 5.69 Å². The van der Waals surface area contributed by atoms with Crippen LogP contribution in [0.3, 0.4) is 0 Å². The van der Waals surface area contributed by atoms with Crippen LogP contribution in [0.15, 0.2) is 60.2 Å². The highest BCUT2D eigenvalue weighted by molar-refractivity contribution is 6.01. The van der Waals surface area contributed by atoms with Gasteiger partial charge in [0, 0.05) is 42.3 Å². The molecule has 4 heterocycles. The first kappa shape index (κ1) is 18.9. The molecule has 2 aromatic rings. The van der Waals surface area contributed by atoms with Crippen LogP contribution < -0.4 is 5.32 Å². The van der Waals surface area contributed by atoms with Crippen molar-refractivity contribution in [1.82, 2.24) is 19.8 Å². The monoisotopic (exact) mass is 389 g/mol. The van der Waals surface area contributed by atoms with E-state index in [-0.39, 0.29) is 18.4 Å². The van der Waals surface area contributed by atoms with E-state index in [2.05, 4.69) is 21.9 Å². The highest BCUT2D eigenvalue weighted by atomic mass is 16.2. The molecule has 0 unspecified atom stereocenters. The van der Waals surface area contributed by atoms with Crippen LogP contribution in [-0.4, -0.2) is 51.7 Å². The molecular formula is C22H23N5O2. The summed E-state index contributed by atoms with van der Waals surface area (Å²) in [5.41, 5.74) is 5.58. The Hall–Kier alpha value is -3.48. The second-order valence-corrected chi connectivity index (χ2v) is 7.33. The number of nitrogens with one attached hydrogen (secondary N) is 1. The molecule has 0 fully saturated rings. The molecule has 0 bridgehead atoms. The minimum atomic E-state index is -0.182. The lowest BCUT2D eigenvalue weighted by Gasteiger charge is -2.28. The third-order valence-electron chi connectivity index (χ3n) is 5.31. The maximum atomic E-state index is 12.6. The third kappa shape index (κ3) is 3.63. The van der Waals surface area contributed by atoms with Crippen LogP contribution in [-0.2, 0) is 9.59 Å². The minimum absolute atomic E-state index is 0.0878. The van der Waals surface area contributed by atoms with Crippen LogP contribution in [0, 0.1) is 6.92 Å². The number of aryl methyl sites for hydroxylation is 1. The molecule has 2 aliphatic heterocycles. The Bertz CT molecular complexity index is 1010. The number of carbonyl (C=O) groups excluding carboxylic acids is 2. The van der Waals surface area contributed by atoms with Gasteiger partial charge in [0.1, 0.15) is 5.70 Å². The zero-order valence-electron chi connectivity index (χ0n) is 16.6. The predicted octanol–water partition coefficient (Wildman–Crippen LogP) is 2.73. The average molecular weight is 389 g/mol. The summed E-state index contributed by atoms with van der Waals surface area (Å²) in [5.74, 6) is -0.270. The van der Waals surface area contributed by atoms with Gasteiger partial charge in [-0.2, -0.15) is 0 Å². The van der Waals surface area contributed by atoms with Crippen molar-refractivity contribution in [2.45, 2.75) is 19.8 Å². The Morgan fingerprint density at radius 1 is 1.21 bits per heavy atom. The first-order valence-electron chi connectivity index (χ1n) is 9.58. The van der Waals surface area contributed by atoms with E-state index < -0.39 is 0 Å². The molecular weight excluding hydrogens is 366 g/mol. The summed E-state index contributed by atoms with van der Waals surface area (Å²) in [5, 5.41) is 2.87. The molecule has 7 heteroatoms. The van der Waals surface area contributed by atoms with Gasteiger partial charge in [-0.1, -0.05) is 6.58 Å². The van der Waals surface area contributed by atoms with Crippen LogP contribution >= 0.6 is 0 Å². The zero-order valence-corrected chi connectivity index (χ0v) is 16.6. The Morgan fingerprint density at radius 3 is 2.72 bits per heavy atom. The van der Waals surface area contributed by atoms with Gasteiger partial charge in [-0.05, 0) is 44.0 Å². The van der Waals surface area contributed by atoms with Crippen molar-refractivity contribution in [2.75, 3.05) is 25.5 Å². The van der Waals surface area contributed by atoms with E-state index in [9.17, 15) is 9.59 Å². The lowest BCUT2D eigenvalue weighted by molar-refractivity contribution is -0.125. The summed E-state index contributed by atoms with van der Waals surface area (Å²) in [6.07, 6.45) is 5.13. The van der Waals surface area contributed by atoms with Crippen molar-refractivity contribution in [2.24, 2.45) is 0 Å². The lowest BCUT2D eigenvalue weighted by atomic mass is 10.0. The molecule has 2 amide bonds. The first-order chi connectivity index (χ1) is 13.9. The van der Waals surface area contributed by atoms with E-state index in [1.165, 1.54) is 0 Å². The fourth-order valence-electron chi connectivity index (χ4n) is 3.69. The molecule has 0 radical (unpaired) electrons. The number of pyridine rings is 2. The number of carbonyl (C=O) groups is 2. The molecule has 29 heavy (non-hydrogen) atoms. The number of amides is 2. The van der Waals surface area contributed by atoms with Crippen molar-refractivity contribution in [3.8, 4) is 11.3 Å². The van der Waals surface area contributed by atoms with Crippen LogP contribution in [0.25, 0.3) is 11.3 Å². The van der Waals surface area contributed by atoms with Gasteiger partial charge in [0.25, 0.3) is 5.91 Å². The van der Waals surface area contributed by atoms with Gasteiger partial charge in [-0.15, -0.1) is 0 Å². The first-order valence-corrected chi connectivity index (χ1v) is 9.58. The molecule has 0 spiro atoms. The quantitative estimate of drug-likeness (QED) is 0.870. The summed E-state index contributed by atoms with van der Waals surface area (Å²) >= 11 is 0. The number of hydrogen-bond acceptors (Lipinski definition) is 5. The van der Waals surface area contributed by atoms with Gasteiger partial charge in [-0.3, -0.25) is 19.6 Å². The molecule has 0 atom stereocenters. The largest absolute Gasteiger partial charge is 0.357 e. The van der Waals surface area contributed by atoms with E-state index in [4.69, 9.17) is 0 Å². The second-order valence-electron chi connectivity index (χ2n) is 7.33. The maximum Gasteiger partial charge on any atom is 0.274 e. The molecule has 0 saturated heterocycles. The Morgan fingerprint density at radius 2 is 2.03 bits per heavy atom. The smallest absolute Gasteiger partial charge is 0.274 e. The van der Waals surface area contributed by atoms with Crippen LogP contribution in [0.5, 0.6) is 0 Å². The van der Waals surface area contributed by atoms with Crippen LogP contribution in [0.2, 0.25) is 0 Å². The van der Waals surface area contributed by atoms with Crippen molar-refractivity contribution in [1.29, 1.82) is 0 Å². The summed E-state index contributed by atoms with van der Waals surface area (Å²) in [6.45, 7) is 6.73. The maximum absolute atomic E-state index is 12.6. The van der Waals surface area contributed by atoms with Crippen molar-refractivity contribution in [3.05, 3.63) is 65.9 Å². The van der Waals surface area contributed by atoms with Gasteiger partial charge < -0.3 is 15.1 Å². The molecule has 0 saturated carbocycles. The van der Waals surface area contributed by atoms with E-state index in [0.29, 0.717) is 17.9 Å². The highest BCUT2D eigenvalue weighted by Crippen LogP contribution is 2.35. The number of allylic oxidation sites excluding steroid dienone is 1.